The SMILES string of the molecule is COc1ccc2c(c1)c(CCNC(=O)CCCCCNC(=O)c1ccc(C(=O)O)c(-c3c4ccc(=O)cc-4oc4cc(O)ccc34)c1)c(C)n2Cc1ccc(Br)cc1. The first-order chi connectivity index (χ1) is 28.0. The number of carboxylic acids is 1. The molecule has 2 aliphatic rings. The minimum absolute atomic E-state index is 0.0284. The first-order valence-electron chi connectivity index (χ1n) is 19.0. The summed E-state index contributed by atoms with van der Waals surface area (Å²) in [7, 11) is 1.66. The standard InChI is InChI=1S/C46H42BrN3O8/c1-27-34(38-25-33(57-2)14-18-40(38)50(27)26-28-7-10-30(47)11-8-28)19-21-48-43(53)6-4-3-5-20-49-45(54)29-9-15-35(46(55)56)39(22-29)44-36-16-12-31(51)23-41(36)58-42-24-32(52)13-17-37(42)44/h7-18,22-25,51H,3-6,19-21,26H2,1-2H3,(H,48,53)(H,49,54)(H,55,56). The zero-order valence-electron chi connectivity index (χ0n) is 32.1. The number of ether oxygens (including phenoxy) is 1. The summed E-state index contributed by atoms with van der Waals surface area (Å²) in [6.07, 6.45) is 3.06. The van der Waals surface area contributed by atoms with Gasteiger partial charge >= 0.3 is 5.97 Å². The van der Waals surface area contributed by atoms with Gasteiger partial charge in [-0.3, -0.25) is 14.4 Å². The van der Waals surface area contributed by atoms with E-state index in [0.717, 1.165) is 39.8 Å². The highest BCUT2D eigenvalue weighted by molar-refractivity contribution is 9.10. The molecule has 2 heterocycles. The van der Waals surface area contributed by atoms with E-state index in [1.165, 1.54) is 53.6 Å². The molecule has 0 unspecified atom stereocenters. The van der Waals surface area contributed by atoms with Crippen LogP contribution in [0.15, 0.2) is 111 Å². The van der Waals surface area contributed by atoms with Crippen LogP contribution in [-0.4, -0.2) is 52.8 Å². The number of aromatic hydroxyl groups is 1. The molecule has 0 bridgehead atoms. The maximum Gasteiger partial charge on any atom is 0.336 e. The van der Waals surface area contributed by atoms with Gasteiger partial charge in [0.1, 0.15) is 22.8 Å². The molecule has 11 nitrogen and oxygen atoms in total. The number of rotatable bonds is 15. The van der Waals surface area contributed by atoms with Gasteiger partial charge in [0.15, 0.2) is 5.43 Å². The van der Waals surface area contributed by atoms with Gasteiger partial charge in [0.05, 0.1) is 12.7 Å². The van der Waals surface area contributed by atoms with Gasteiger partial charge < -0.3 is 34.6 Å². The van der Waals surface area contributed by atoms with Gasteiger partial charge in [-0.2, -0.15) is 0 Å². The molecule has 5 aromatic rings. The van der Waals surface area contributed by atoms with E-state index in [1.54, 1.807) is 19.2 Å². The number of hydrogen-bond donors (Lipinski definition) is 4. The molecule has 0 saturated carbocycles. The average Bonchev–Trinajstić information content (AvgIpc) is 3.46. The van der Waals surface area contributed by atoms with E-state index < -0.39 is 5.97 Å². The van der Waals surface area contributed by atoms with Crippen molar-refractivity contribution >= 4 is 55.6 Å². The Morgan fingerprint density at radius 1 is 0.828 bits per heavy atom. The molecule has 0 atom stereocenters. The Bertz CT molecular complexity index is 2700. The highest BCUT2D eigenvalue weighted by Crippen LogP contribution is 2.42. The van der Waals surface area contributed by atoms with Crippen molar-refractivity contribution in [3.63, 3.8) is 0 Å². The number of carbonyl (C=O) groups excluding carboxylic acids is 2. The van der Waals surface area contributed by atoms with Crippen LogP contribution in [-0.2, 0) is 17.8 Å². The molecule has 4 aromatic carbocycles. The maximum absolute atomic E-state index is 13.3. The number of unbranched alkanes of at least 4 members (excludes halogenated alkanes) is 2. The van der Waals surface area contributed by atoms with Crippen molar-refractivity contribution in [1.82, 2.24) is 15.2 Å². The first-order valence-corrected chi connectivity index (χ1v) is 19.8. The lowest BCUT2D eigenvalue weighted by Gasteiger charge is -2.17. The molecule has 0 fully saturated rings. The summed E-state index contributed by atoms with van der Waals surface area (Å²) in [5.41, 5.74) is 6.00. The van der Waals surface area contributed by atoms with Crippen molar-refractivity contribution in [2.24, 2.45) is 0 Å². The Morgan fingerprint density at radius 3 is 2.41 bits per heavy atom. The van der Waals surface area contributed by atoms with Crippen molar-refractivity contribution < 1.29 is 33.8 Å². The summed E-state index contributed by atoms with van der Waals surface area (Å²) in [4.78, 5) is 50.7. The molecule has 2 amide bonds. The number of methoxy groups -OCH3 is 1. The second-order valence-electron chi connectivity index (χ2n) is 14.2. The van der Waals surface area contributed by atoms with Crippen LogP contribution in [0.4, 0.5) is 0 Å². The van der Waals surface area contributed by atoms with Crippen molar-refractivity contribution in [3.05, 3.63) is 140 Å². The second-order valence-corrected chi connectivity index (χ2v) is 15.1. The number of carbonyl (C=O) groups is 3. The summed E-state index contributed by atoms with van der Waals surface area (Å²) in [5.74, 6) is -0.662. The Kier molecular flexibility index (Phi) is 11.9. The van der Waals surface area contributed by atoms with Gasteiger partial charge in [-0.1, -0.05) is 34.5 Å². The number of nitrogens with one attached hydrogen (secondary N) is 2. The third kappa shape index (κ3) is 8.62. The molecular formula is C46H42BrN3O8. The largest absolute Gasteiger partial charge is 0.508 e. The normalized spacial score (nSPS) is 11.3. The zero-order valence-corrected chi connectivity index (χ0v) is 33.6. The molecule has 296 valence electrons. The number of amides is 2. The lowest BCUT2D eigenvalue weighted by molar-refractivity contribution is -0.121. The fraction of sp³-hybridized carbons (Fsp3) is 0.217. The maximum atomic E-state index is 13.3. The van der Waals surface area contributed by atoms with Crippen LogP contribution in [0.5, 0.6) is 11.5 Å². The van der Waals surface area contributed by atoms with Gasteiger partial charge in [-0.05, 0) is 116 Å². The number of hydrogen-bond acceptors (Lipinski definition) is 7. The number of benzene rings is 5. The highest BCUT2D eigenvalue weighted by atomic mass is 79.9. The minimum atomic E-state index is -1.19. The topological polar surface area (TPSA) is 160 Å². The monoisotopic (exact) mass is 843 g/mol. The van der Waals surface area contributed by atoms with Crippen LogP contribution in [0.1, 0.15) is 63.2 Å². The number of halogens is 1. The lowest BCUT2D eigenvalue weighted by atomic mass is 9.89. The Labute approximate surface area is 342 Å². The van der Waals surface area contributed by atoms with Crippen LogP contribution in [0.2, 0.25) is 0 Å². The van der Waals surface area contributed by atoms with Crippen molar-refractivity contribution in [1.29, 1.82) is 0 Å². The summed E-state index contributed by atoms with van der Waals surface area (Å²) < 4.78 is 14.8. The molecule has 58 heavy (non-hydrogen) atoms. The predicted molar refractivity (Wildman–Crippen MR) is 227 cm³/mol. The van der Waals surface area contributed by atoms with Gasteiger partial charge in [-0.25, -0.2) is 4.79 Å². The first kappa shape index (κ1) is 39.8. The van der Waals surface area contributed by atoms with E-state index in [4.69, 9.17) is 9.15 Å². The molecule has 0 radical (unpaired) electrons. The molecule has 0 spiro atoms. The van der Waals surface area contributed by atoms with Crippen molar-refractivity contribution in [3.8, 4) is 33.9 Å². The molecule has 0 saturated heterocycles. The quantitative estimate of drug-likeness (QED) is 0.0589. The van der Waals surface area contributed by atoms with E-state index in [2.05, 4.69) is 62.3 Å². The van der Waals surface area contributed by atoms with Crippen LogP contribution >= 0.6 is 15.9 Å². The summed E-state index contributed by atoms with van der Waals surface area (Å²) >= 11 is 3.51. The summed E-state index contributed by atoms with van der Waals surface area (Å²) in [6.45, 7) is 3.71. The Morgan fingerprint density at radius 2 is 1.64 bits per heavy atom. The number of aromatic carboxylic acids is 1. The smallest absolute Gasteiger partial charge is 0.336 e. The van der Waals surface area contributed by atoms with E-state index in [-0.39, 0.29) is 51.0 Å². The van der Waals surface area contributed by atoms with Crippen LogP contribution in [0, 0.1) is 6.92 Å². The molecular weight excluding hydrogens is 802 g/mol. The van der Waals surface area contributed by atoms with Crippen LogP contribution in [0.25, 0.3) is 44.3 Å². The van der Waals surface area contributed by atoms with E-state index in [0.29, 0.717) is 55.3 Å². The fourth-order valence-electron chi connectivity index (χ4n) is 7.48. The van der Waals surface area contributed by atoms with Crippen LogP contribution in [0.3, 0.4) is 0 Å². The lowest BCUT2D eigenvalue weighted by Crippen LogP contribution is -2.26. The second kappa shape index (κ2) is 17.4. The van der Waals surface area contributed by atoms with Gasteiger partial charge in [0.25, 0.3) is 5.91 Å². The minimum Gasteiger partial charge on any atom is -0.508 e. The van der Waals surface area contributed by atoms with Gasteiger partial charge in [0.2, 0.25) is 5.91 Å². The number of phenols is 1. The molecule has 7 rings (SSSR count). The third-order valence-electron chi connectivity index (χ3n) is 10.4. The number of phenolic OH excluding ortho intramolecular Hbond substituents is 1. The van der Waals surface area contributed by atoms with E-state index in [1.807, 2.05) is 18.2 Å². The highest BCUT2D eigenvalue weighted by Gasteiger charge is 2.23. The summed E-state index contributed by atoms with van der Waals surface area (Å²) in [5, 5.41) is 27.8. The Hall–Kier alpha value is -6.40. The van der Waals surface area contributed by atoms with Gasteiger partial charge in [-0.15, -0.1) is 0 Å². The van der Waals surface area contributed by atoms with Crippen molar-refractivity contribution in [2.45, 2.75) is 45.6 Å². The van der Waals surface area contributed by atoms with E-state index in [9.17, 15) is 29.4 Å². The molecule has 1 aliphatic heterocycles. The van der Waals surface area contributed by atoms with Crippen LogP contribution < -0.4 is 20.8 Å². The van der Waals surface area contributed by atoms with Gasteiger partial charge in [0, 0.05) is 81.3 Å². The molecule has 1 aliphatic carbocycles. The number of carboxylic acid groups (broad SMARTS) is 1. The number of nitrogens with zero attached hydrogens (tertiary/aromatic N) is 1. The molecule has 12 heteroatoms. The predicted octanol–water partition coefficient (Wildman–Crippen LogP) is 8.70. The Balaban J connectivity index is 0.939. The average molecular weight is 845 g/mol. The van der Waals surface area contributed by atoms with E-state index >= 15 is 0 Å². The fourth-order valence-corrected chi connectivity index (χ4v) is 7.75. The zero-order chi connectivity index (χ0) is 40.9. The number of fused-ring (bicyclic) bond motifs is 3. The molecule has 4 N–H and O–H groups in total. The number of aromatic nitrogens is 1. The molecule has 1 aromatic heterocycles. The summed E-state index contributed by atoms with van der Waals surface area (Å²) in [6, 6.07) is 27.5. The van der Waals surface area contributed by atoms with Crippen molar-refractivity contribution in [2.75, 3.05) is 20.2 Å². The third-order valence-corrected chi connectivity index (χ3v) is 11.0.